The Morgan fingerprint density at radius 2 is 1.91 bits per heavy atom. The molecule has 5 nitrogen and oxygen atoms in total. The van der Waals surface area contributed by atoms with E-state index in [9.17, 15) is 9.59 Å². The second kappa shape index (κ2) is 6.38. The summed E-state index contributed by atoms with van der Waals surface area (Å²) in [5.41, 5.74) is 2.24. The van der Waals surface area contributed by atoms with Gasteiger partial charge in [-0.05, 0) is 23.6 Å². The molecule has 0 radical (unpaired) electrons. The maximum absolute atomic E-state index is 12.5. The van der Waals surface area contributed by atoms with Crippen molar-refractivity contribution in [3.8, 4) is 5.75 Å². The zero-order valence-electron chi connectivity index (χ0n) is 13.0. The van der Waals surface area contributed by atoms with Crippen LogP contribution in [0.5, 0.6) is 5.75 Å². The Morgan fingerprint density at radius 3 is 2.73 bits per heavy atom. The standard InChI is InChI=1S/C17H22N2O3/c1-13(20)18-6-2-7-19(9-8-18)17(21)12-14-3-4-16-15(11-14)5-10-22-16/h3-4,11H,2,5-10,12H2,1H3. The van der Waals surface area contributed by atoms with Crippen LogP contribution >= 0.6 is 0 Å². The summed E-state index contributed by atoms with van der Waals surface area (Å²) >= 11 is 0. The predicted molar refractivity (Wildman–Crippen MR) is 82.8 cm³/mol. The van der Waals surface area contributed by atoms with E-state index in [0.29, 0.717) is 19.5 Å². The Hall–Kier alpha value is -2.04. The van der Waals surface area contributed by atoms with Crippen LogP contribution < -0.4 is 4.74 Å². The van der Waals surface area contributed by atoms with Crippen molar-refractivity contribution in [3.63, 3.8) is 0 Å². The minimum atomic E-state index is 0.0907. The van der Waals surface area contributed by atoms with Crippen molar-refractivity contribution in [2.45, 2.75) is 26.2 Å². The molecule has 0 aliphatic carbocycles. The fourth-order valence-corrected chi connectivity index (χ4v) is 3.12. The van der Waals surface area contributed by atoms with E-state index >= 15 is 0 Å². The van der Waals surface area contributed by atoms with Gasteiger partial charge in [-0.2, -0.15) is 0 Å². The Morgan fingerprint density at radius 1 is 1.14 bits per heavy atom. The van der Waals surface area contributed by atoms with E-state index in [0.717, 1.165) is 43.9 Å². The summed E-state index contributed by atoms with van der Waals surface area (Å²) in [4.78, 5) is 27.6. The molecule has 1 saturated heterocycles. The molecule has 3 rings (SSSR count). The molecule has 1 fully saturated rings. The molecule has 5 heteroatoms. The number of rotatable bonds is 2. The van der Waals surface area contributed by atoms with E-state index in [1.807, 2.05) is 21.9 Å². The summed E-state index contributed by atoms with van der Waals surface area (Å²) < 4.78 is 5.49. The lowest BCUT2D eigenvalue weighted by molar-refractivity contribution is -0.132. The van der Waals surface area contributed by atoms with Gasteiger partial charge in [0.05, 0.1) is 13.0 Å². The van der Waals surface area contributed by atoms with Crippen molar-refractivity contribution in [3.05, 3.63) is 29.3 Å². The molecule has 0 spiro atoms. The molecular formula is C17H22N2O3. The van der Waals surface area contributed by atoms with Crippen LogP contribution in [-0.4, -0.2) is 54.4 Å². The second-order valence-corrected chi connectivity index (χ2v) is 5.96. The molecule has 118 valence electrons. The molecule has 1 aromatic carbocycles. The van der Waals surface area contributed by atoms with Crippen LogP contribution in [0.2, 0.25) is 0 Å². The van der Waals surface area contributed by atoms with Gasteiger partial charge in [0, 0.05) is 39.5 Å². The third kappa shape index (κ3) is 3.24. The number of hydrogen-bond donors (Lipinski definition) is 0. The van der Waals surface area contributed by atoms with Crippen molar-refractivity contribution >= 4 is 11.8 Å². The Bertz CT molecular complexity index is 585. The van der Waals surface area contributed by atoms with Crippen LogP contribution in [0.15, 0.2) is 18.2 Å². The third-order valence-corrected chi connectivity index (χ3v) is 4.40. The number of carbonyl (C=O) groups is 2. The topological polar surface area (TPSA) is 49.9 Å². The highest BCUT2D eigenvalue weighted by atomic mass is 16.5. The van der Waals surface area contributed by atoms with Crippen LogP contribution in [0, 0.1) is 0 Å². The smallest absolute Gasteiger partial charge is 0.227 e. The van der Waals surface area contributed by atoms with E-state index < -0.39 is 0 Å². The fraction of sp³-hybridized carbons (Fsp3) is 0.529. The maximum Gasteiger partial charge on any atom is 0.227 e. The van der Waals surface area contributed by atoms with Crippen LogP contribution in [0.25, 0.3) is 0 Å². The van der Waals surface area contributed by atoms with Gasteiger partial charge in [-0.25, -0.2) is 0 Å². The van der Waals surface area contributed by atoms with Crippen LogP contribution in [0.4, 0.5) is 0 Å². The first-order valence-corrected chi connectivity index (χ1v) is 7.91. The average Bonchev–Trinajstić information content (AvgIpc) is 2.80. The van der Waals surface area contributed by atoms with E-state index in [1.54, 1.807) is 6.92 Å². The molecule has 22 heavy (non-hydrogen) atoms. The molecule has 2 amide bonds. The monoisotopic (exact) mass is 302 g/mol. The summed E-state index contributed by atoms with van der Waals surface area (Å²) in [6.07, 6.45) is 2.20. The molecular weight excluding hydrogens is 280 g/mol. The quantitative estimate of drug-likeness (QED) is 0.826. The van der Waals surface area contributed by atoms with Gasteiger partial charge in [0.1, 0.15) is 5.75 Å². The first-order chi connectivity index (χ1) is 10.6. The third-order valence-electron chi connectivity index (χ3n) is 4.40. The van der Waals surface area contributed by atoms with Gasteiger partial charge in [-0.15, -0.1) is 0 Å². The van der Waals surface area contributed by atoms with Gasteiger partial charge >= 0.3 is 0 Å². The lowest BCUT2D eigenvalue weighted by atomic mass is 10.1. The number of fused-ring (bicyclic) bond motifs is 1. The molecule has 2 aliphatic heterocycles. The Labute approximate surface area is 130 Å². The van der Waals surface area contributed by atoms with Gasteiger partial charge in [-0.1, -0.05) is 12.1 Å². The molecule has 1 aromatic rings. The van der Waals surface area contributed by atoms with Crippen molar-refractivity contribution in [2.24, 2.45) is 0 Å². The first kappa shape index (κ1) is 14.9. The molecule has 0 unspecified atom stereocenters. The highest BCUT2D eigenvalue weighted by Gasteiger charge is 2.21. The van der Waals surface area contributed by atoms with Crippen molar-refractivity contribution in [2.75, 3.05) is 32.8 Å². The molecule has 0 bridgehead atoms. The molecule has 0 saturated carbocycles. The SMILES string of the molecule is CC(=O)N1CCCN(C(=O)Cc2ccc3c(c2)CCO3)CC1. The molecule has 0 atom stereocenters. The number of nitrogens with zero attached hydrogens (tertiary/aromatic N) is 2. The zero-order valence-corrected chi connectivity index (χ0v) is 13.0. The molecule has 0 N–H and O–H groups in total. The summed E-state index contributed by atoms with van der Waals surface area (Å²) in [6, 6.07) is 6.02. The van der Waals surface area contributed by atoms with Gasteiger partial charge in [-0.3, -0.25) is 9.59 Å². The van der Waals surface area contributed by atoms with Gasteiger partial charge < -0.3 is 14.5 Å². The van der Waals surface area contributed by atoms with Crippen molar-refractivity contribution in [1.29, 1.82) is 0 Å². The number of ether oxygens (including phenoxy) is 1. The van der Waals surface area contributed by atoms with Crippen LogP contribution in [-0.2, 0) is 22.4 Å². The van der Waals surface area contributed by atoms with Crippen molar-refractivity contribution < 1.29 is 14.3 Å². The summed E-state index contributed by atoms with van der Waals surface area (Å²) in [5, 5.41) is 0. The normalized spacial score (nSPS) is 17.7. The molecule has 2 heterocycles. The second-order valence-electron chi connectivity index (χ2n) is 5.96. The number of amides is 2. The lowest BCUT2D eigenvalue weighted by Gasteiger charge is -2.21. The largest absolute Gasteiger partial charge is 0.493 e. The highest BCUT2D eigenvalue weighted by molar-refractivity contribution is 5.79. The van der Waals surface area contributed by atoms with E-state index in [-0.39, 0.29) is 11.8 Å². The summed E-state index contributed by atoms with van der Waals surface area (Å²) in [7, 11) is 0. The number of benzene rings is 1. The fourth-order valence-electron chi connectivity index (χ4n) is 3.12. The van der Waals surface area contributed by atoms with Gasteiger partial charge in [0.2, 0.25) is 11.8 Å². The van der Waals surface area contributed by atoms with Crippen molar-refractivity contribution in [1.82, 2.24) is 9.80 Å². The average molecular weight is 302 g/mol. The van der Waals surface area contributed by atoms with E-state index in [1.165, 1.54) is 5.56 Å². The lowest BCUT2D eigenvalue weighted by Crippen LogP contribution is -2.37. The maximum atomic E-state index is 12.5. The first-order valence-electron chi connectivity index (χ1n) is 7.91. The minimum Gasteiger partial charge on any atom is -0.493 e. The summed E-state index contributed by atoms with van der Waals surface area (Å²) in [5.74, 6) is 1.18. The Balaban J connectivity index is 1.61. The Kier molecular flexibility index (Phi) is 4.32. The minimum absolute atomic E-state index is 0.0907. The number of hydrogen-bond acceptors (Lipinski definition) is 3. The predicted octanol–water partition coefficient (Wildman–Crippen LogP) is 1.24. The molecule has 2 aliphatic rings. The van der Waals surface area contributed by atoms with E-state index in [2.05, 4.69) is 6.07 Å². The highest BCUT2D eigenvalue weighted by Crippen LogP contribution is 2.26. The van der Waals surface area contributed by atoms with Gasteiger partial charge in [0.15, 0.2) is 0 Å². The molecule has 0 aromatic heterocycles. The summed E-state index contributed by atoms with van der Waals surface area (Å²) in [6.45, 7) is 5.07. The van der Waals surface area contributed by atoms with Crippen LogP contribution in [0.1, 0.15) is 24.5 Å². The van der Waals surface area contributed by atoms with Crippen LogP contribution in [0.3, 0.4) is 0 Å². The van der Waals surface area contributed by atoms with E-state index in [4.69, 9.17) is 4.74 Å². The zero-order chi connectivity index (χ0) is 15.5. The number of carbonyl (C=O) groups excluding carboxylic acids is 2. The van der Waals surface area contributed by atoms with Gasteiger partial charge in [0.25, 0.3) is 0 Å².